The molecule has 2 rings (SSSR count). The fourth-order valence-corrected chi connectivity index (χ4v) is 2.82. The van der Waals surface area contributed by atoms with Gasteiger partial charge in [0.1, 0.15) is 5.75 Å². The molecule has 0 bridgehead atoms. The smallest absolute Gasteiger partial charge is 0.254 e. The van der Waals surface area contributed by atoms with E-state index in [1.165, 1.54) is 0 Å². The third-order valence-corrected chi connectivity index (χ3v) is 3.95. The van der Waals surface area contributed by atoms with Gasteiger partial charge in [-0.3, -0.25) is 9.69 Å². The van der Waals surface area contributed by atoms with Gasteiger partial charge < -0.3 is 10.0 Å². The van der Waals surface area contributed by atoms with Gasteiger partial charge in [-0.1, -0.05) is 22.0 Å². The maximum absolute atomic E-state index is 12.4. The number of aromatic hydroxyl groups is 1. The van der Waals surface area contributed by atoms with Crippen molar-refractivity contribution in [1.82, 2.24) is 9.80 Å². The number of nitrogens with zero attached hydrogens (tertiary/aromatic N) is 2. The van der Waals surface area contributed by atoms with Gasteiger partial charge in [0.05, 0.1) is 0 Å². The van der Waals surface area contributed by atoms with Gasteiger partial charge in [0, 0.05) is 49.2 Å². The molecule has 1 aromatic carbocycles. The van der Waals surface area contributed by atoms with Crippen molar-refractivity contribution < 1.29 is 9.90 Å². The van der Waals surface area contributed by atoms with Crippen LogP contribution >= 0.6 is 15.9 Å². The van der Waals surface area contributed by atoms with Crippen molar-refractivity contribution in [3.63, 3.8) is 0 Å². The maximum atomic E-state index is 12.4. The first-order valence-corrected chi connectivity index (χ1v) is 7.62. The van der Waals surface area contributed by atoms with Crippen LogP contribution in [-0.2, 0) is 0 Å². The van der Waals surface area contributed by atoms with E-state index in [1.54, 1.807) is 25.1 Å². The lowest BCUT2D eigenvalue weighted by atomic mass is 10.1. The summed E-state index contributed by atoms with van der Waals surface area (Å²) >= 11 is 3.43. The Kier molecular flexibility index (Phi) is 4.82. The number of carbonyl (C=O) groups excluding carboxylic acids is 1. The molecule has 5 heteroatoms. The summed E-state index contributed by atoms with van der Waals surface area (Å²) in [5, 5.41) is 10.6. The summed E-state index contributed by atoms with van der Waals surface area (Å²) < 4.78 is 0. The van der Waals surface area contributed by atoms with Crippen molar-refractivity contribution in [3.8, 4) is 5.75 Å². The summed E-state index contributed by atoms with van der Waals surface area (Å²) in [5.74, 6) is 0.204. The zero-order valence-corrected chi connectivity index (χ0v) is 12.7. The van der Waals surface area contributed by atoms with E-state index in [4.69, 9.17) is 0 Å². The highest BCUT2D eigenvalue weighted by Crippen LogP contribution is 2.21. The molecule has 0 atom stereocenters. The number of hydrogen-bond donors (Lipinski definition) is 1. The quantitative estimate of drug-likeness (QED) is 0.862. The number of carbonyl (C=O) groups is 1. The van der Waals surface area contributed by atoms with Crippen LogP contribution in [0.2, 0.25) is 0 Å². The zero-order valence-electron chi connectivity index (χ0n) is 11.1. The lowest BCUT2D eigenvalue weighted by Crippen LogP contribution is -2.49. The first kappa shape index (κ1) is 14.3. The molecule has 1 heterocycles. The second kappa shape index (κ2) is 6.39. The Morgan fingerprint density at radius 3 is 2.63 bits per heavy atom. The number of hydrogen-bond acceptors (Lipinski definition) is 3. The Hall–Kier alpha value is -1.07. The van der Waals surface area contributed by atoms with Gasteiger partial charge in [-0.25, -0.2) is 0 Å². The standard InChI is InChI=1S/C14H19BrN2O2/c1-11-12(3-2-4-13(11)18)14(19)17-9-7-16(6-5-15)8-10-17/h2-4,18H,5-10H2,1H3. The van der Waals surface area contributed by atoms with E-state index in [0.717, 1.165) is 38.1 Å². The highest BCUT2D eigenvalue weighted by molar-refractivity contribution is 9.09. The van der Waals surface area contributed by atoms with Gasteiger partial charge >= 0.3 is 0 Å². The second-order valence-corrected chi connectivity index (χ2v) is 5.57. The molecule has 0 unspecified atom stereocenters. The van der Waals surface area contributed by atoms with E-state index in [0.29, 0.717) is 11.1 Å². The molecule has 19 heavy (non-hydrogen) atoms. The molecule has 1 aliphatic heterocycles. The molecule has 0 aliphatic carbocycles. The van der Waals surface area contributed by atoms with Gasteiger partial charge in [0.2, 0.25) is 0 Å². The number of piperazine rings is 1. The topological polar surface area (TPSA) is 43.8 Å². The SMILES string of the molecule is Cc1c(O)cccc1C(=O)N1CCN(CCBr)CC1. The number of halogens is 1. The molecule has 0 saturated carbocycles. The first-order chi connectivity index (χ1) is 9.13. The number of rotatable bonds is 3. The maximum Gasteiger partial charge on any atom is 0.254 e. The van der Waals surface area contributed by atoms with Crippen molar-refractivity contribution >= 4 is 21.8 Å². The number of benzene rings is 1. The van der Waals surface area contributed by atoms with Gasteiger partial charge in [-0.2, -0.15) is 0 Å². The number of amides is 1. The Labute approximate surface area is 122 Å². The average Bonchev–Trinajstić information content (AvgIpc) is 2.42. The highest BCUT2D eigenvalue weighted by Gasteiger charge is 2.23. The molecule has 0 spiro atoms. The molecule has 1 aromatic rings. The molecule has 104 valence electrons. The summed E-state index contributed by atoms with van der Waals surface area (Å²) in [6, 6.07) is 5.11. The lowest BCUT2D eigenvalue weighted by molar-refractivity contribution is 0.0644. The Balaban J connectivity index is 2.03. The van der Waals surface area contributed by atoms with E-state index < -0.39 is 0 Å². The Morgan fingerprint density at radius 1 is 1.32 bits per heavy atom. The van der Waals surface area contributed by atoms with Crippen LogP contribution in [0.5, 0.6) is 5.75 Å². The third kappa shape index (κ3) is 3.28. The number of phenols is 1. The zero-order chi connectivity index (χ0) is 13.8. The van der Waals surface area contributed by atoms with Gasteiger partial charge in [-0.15, -0.1) is 0 Å². The molecular formula is C14H19BrN2O2. The Bertz CT molecular complexity index is 457. The predicted molar refractivity (Wildman–Crippen MR) is 79.0 cm³/mol. The molecule has 1 aliphatic rings. The molecule has 1 fully saturated rings. The van der Waals surface area contributed by atoms with Gasteiger partial charge in [-0.05, 0) is 19.1 Å². The van der Waals surface area contributed by atoms with Crippen molar-refractivity contribution in [2.75, 3.05) is 38.1 Å². The fraction of sp³-hybridized carbons (Fsp3) is 0.500. The predicted octanol–water partition coefficient (Wildman–Crippen LogP) is 1.85. The van der Waals surface area contributed by atoms with E-state index in [2.05, 4.69) is 20.8 Å². The average molecular weight is 327 g/mol. The summed E-state index contributed by atoms with van der Waals surface area (Å²) in [5.41, 5.74) is 1.27. The molecule has 1 amide bonds. The molecule has 1 N–H and O–H groups in total. The third-order valence-electron chi connectivity index (χ3n) is 3.60. The molecule has 1 saturated heterocycles. The fourth-order valence-electron chi connectivity index (χ4n) is 2.32. The van der Waals surface area contributed by atoms with Crippen LogP contribution in [0.25, 0.3) is 0 Å². The van der Waals surface area contributed by atoms with Crippen molar-refractivity contribution in [2.24, 2.45) is 0 Å². The largest absolute Gasteiger partial charge is 0.508 e. The minimum absolute atomic E-state index is 0.0203. The summed E-state index contributed by atoms with van der Waals surface area (Å²) in [6.45, 7) is 6.13. The van der Waals surface area contributed by atoms with Crippen molar-refractivity contribution in [2.45, 2.75) is 6.92 Å². The first-order valence-electron chi connectivity index (χ1n) is 6.49. The highest BCUT2D eigenvalue weighted by atomic mass is 79.9. The van der Waals surface area contributed by atoms with Gasteiger partial charge in [0.15, 0.2) is 0 Å². The van der Waals surface area contributed by atoms with Gasteiger partial charge in [0.25, 0.3) is 5.91 Å². The number of alkyl halides is 1. The van der Waals surface area contributed by atoms with Crippen LogP contribution in [0.15, 0.2) is 18.2 Å². The second-order valence-electron chi connectivity index (χ2n) is 4.77. The van der Waals surface area contributed by atoms with Crippen molar-refractivity contribution in [3.05, 3.63) is 29.3 Å². The van der Waals surface area contributed by atoms with Crippen LogP contribution in [0.1, 0.15) is 15.9 Å². The van der Waals surface area contributed by atoms with E-state index >= 15 is 0 Å². The summed E-state index contributed by atoms with van der Waals surface area (Å²) in [6.07, 6.45) is 0. The van der Waals surface area contributed by atoms with Crippen LogP contribution in [0.3, 0.4) is 0 Å². The van der Waals surface area contributed by atoms with E-state index in [-0.39, 0.29) is 11.7 Å². The minimum atomic E-state index is 0.0203. The Morgan fingerprint density at radius 2 is 2.00 bits per heavy atom. The summed E-state index contributed by atoms with van der Waals surface area (Å²) in [4.78, 5) is 16.6. The molecular weight excluding hydrogens is 308 g/mol. The van der Waals surface area contributed by atoms with E-state index in [9.17, 15) is 9.90 Å². The monoisotopic (exact) mass is 326 g/mol. The minimum Gasteiger partial charge on any atom is -0.508 e. The molecule has 0 radical (unpaired) electrons. The summed E-state index contributed by atoms with van der Waals surface area (Å²) in [7, 11) is 0. The van der Waals surface area contributed by atoms with E-state index in [1.807, 2.05) is 4.90 Å². The van der Waals surface area contributed by atoms with Crippen molar-refractivity contribution in [1.29, 1.82) is 0 Å². The normalized spacial score (nSPS) is 16.6. The molecule has 0 aromatic heterocycles. The van der Waals surface area contributed by atoms with Crippen LogP contribution < -0.4 is 0 Å². The molecule has 4 nitrogen and oxygen atoms in total. The van der Waals surface area contributed by atoms with Crippen LogP contribution in [0.4, 0.5) is 0 Å². The number of phenolic OH excluding ortho intramolecular Hbond substituents is 1. The lowest BCUT2D eigenvalue weighted by Gasteiger charge is -2.34. The van der Waals surface area contributed by atoms with Crippen LogP contribution in [-0.4, -0.2) is 58.9 Å². The van der Waals surface area contributed by atoms with Crippen LogP contribution in [0, 0.1) is 6.92 Å².